The van der Waals surface area contributed by atoms with Crippen molar-refractivity contribution >= 4 is 11.6 Å². The maximum atomic E-state index is 12.7. The summed E-state index contributed by atoms with van der Waals surface area (Å²) in [5.74, 6) is 1.84. The minimum absolute atomic E-state index is 0.177. The number of aryl methyl sites for hydroxylation is 3. The zero-order valence-electron chi connectivity index (χ0n) is 15.7. The summed E-state index contributed by atoms with van der Waals surface area (Å²) in [6, 6.07) is 13.1. The fraction of sp³-hybridized carbons (Fsp3) is 0.238. The van der Waals surface area contributed by atoms with Crippen LogP contribution in [0.25, 0.3) is 0 Å². The molecule has 1 aliphatic rings. The molecule has 7 heteroatoms. The second-order valence-electron chi connectivity index (χ2n) is 6.54. The van der Waals surface area contributed by atoms with Gasteiger partial charge in [-0.25, -0.2) is 0 Å². The van der Waals surface area contributed by atoms with E-state index in [2.05, 4.69) is 15.5 Å². The van der Waals surface area contributed by atoms with Gasteiger partial charge >= 0.3 is 0 Å². The molecular weight excluding hydrogens is 358 g/mol. The molecule has 4 rings (SSSR count). The van der Waals surface area contributed by atoms with Crippen molar-refractivity contribution in [3.8, 4) is 17.2 Å². The maximum absolute atomic E-state index is 12.7. The lowest BCUT2D eigenvalue weighted by Crippen LogP contribution is -2.13. The highest BCUT2D eigenvalue weighted by Gasteiger charge is 2.18. The van der Waals surface area contributed by atoms with Crippen LogP contribution in [-0.4, -0.2) is 30.0 Å². The number of rotatable bonds is 6. The molecule has 0 spiro atoms. The topological polar surface area (TPSA) is 85.5 Å². The van der Waals surface area contributed by atoms with Crippen LogP contribution in [-0.2, 0) is 12.8 Å². The summed E-state index contributed by atoms with van der Waals surface area (Å²) in [4.78, 5) is 12.7. The van der Waals surface area contributed by atoms with E-state index in [-0.39, 0.29) is 12.7 Å². The number of hydrogen-bond donors (Lipinski definition) is 2. The van der Waals surface area contributed by atoms with E-state index in [9.17, 15) is 4.79 Å². The van der Waals surface area contributed by atoms with Crippen LogP contribution in [0.2, 0.25) is 0 Å². The van der Waals surface area contributed by atoms with Gasteiger partial charge in [0.05, 0.1) is 24.2 Å². The average molecular weight is 379 g/mol. The first-order valence-corrected chi connectivity index (χ1v) is 9.02. The molecule has 0 atom stereocenters. The number of nitrogens with zero attached hydrogens (tertiary/aromatic N) is 1. The number of hydrogen-bond acceptors (Lipinski definition) is 5. The minimum Gasteiger partial charge on any atom is -0.497 e. The molecule has 0 unspecified atom stereocenters. The molecule has 2 heterocycles. The Bertz CT molecular complexity index is 995. The second-order valence-corrected chi connectivity index (χ2v) is 6.54. The molecule has 2 N–H and O–H groups in total. The van der Waals surface area contributed by atoms with Gasteiger partial charge in [0.25, 0.3) is 5.91 Å². The van der Waals surface area contributed by atoms with Crippen molar-refractivity contribution in [3.63, 3.8) is 0 Å². The third kappa shape index (κ3) is 3.64. The van der Waals surface area contributed by atoms with Gasteiger partial charge in [-0.3, -0.25) is 9.89 Å². The number of aromatic amines is 1. The van der Waals surface area contributed by atoms with Crippen molar-refractivity contribution < 1.29 is 19.0 Å². The largest absolute Gasteiger partial charge is 0.497 e. The Morgan fingerprint density at radius 3 is 2.71 bits per heavy atom. The highest BCUT2D eigenvalue weighted by molar-refractivity contribution is 6.05. The minimum atomic E-state index is -0.214. The zero-order chi connectivity index (χ0) is 19.5. The van der Waals surface area contributed by atoms with Gasteiger partial charge in [0.1, 0.15) is 5.75 Å². The summed E-state index contributed by atoms with van der Waals surface area (Å²) in [7, 11) is 1.65. The number of fused-ring (bicyclic) bond motifs is 1. The van der Waals surface area contributed by atoms with Gasteiger partial charge < -0.3 is 19.5 Å². The van der Waals surface area contributed by atoms with Gasteiger partial charge in [-0.05, 0) is 55.7 Å². The van der Waals surface area contributed by atoms with Gasteiger partial charge in [-0.15, -0.1) is 0 Å². The van der Waals surface area contributed by atoms with Crippen molar-refractivity contribution in [3.05, 3.63) is 65.0 Å². The summed E-state index contributed by atoms with van der Waals surface area (Å²) >= 11 is 0. The van der Waals surface area contributed by atoms with Crippen LogP contribution in [0.5, 0.6) is 17.2 Å². The monoisotopic (exact) mass is 379 g/mol. The zero-order valence-corrected chi connectivity index (χ0v) is 15.7. The smallest absolute Gasteiger partial charge is 0.255 e. The SMILES string of the molecule is COc1ccc(CCc2n[nH]c(C)c2NC(=O)c2ccc3c(c2)OCO3)cc1. The quantitative estimate of drug-likeness (QED) is 0.685. The van der Waals surface area contributed by atoms with Crippen molar-refractivity contribution in [2.24, 2.45) is 0 Å². The van der Waals surface area contributed by atoms with E-state index in [1.54, 1.807) is 25.3 Å². The lowest BCUT2D eigenvalue weighted by molar-refractivity contribution is 0.102. The lowest BCUT2D eigenvalue weighted by atomic mass is 10.1. The summed E-state index contributed by atoms with van der Waals surface area (Å²) in [5.41, 5.74) is 4.04. The fourth-order valence-corrected chi connectivity index (χ4v) is 3.10. The molecule has 0 radical (unpaired) electrons. The molecule has 1 aromatic heterocycles. The molecule has 0 saturated carbocycles. The number of methoxy groups -OCH3 is 1. The van der Waals surface area contributed by atoms with E-state index in [1.165, 1.54) is 5.56 Å². The lowest BCUT2D eigenvalue weighted by Gasteiger charge is -2.08. The molecule has 28 heavy (non-hydrogen) atoms. The van der Waals surface area contributed by atoms with Gasteiger partial charge in [-0.2, -0.15) is 5.10 Å². The van der Waals surface area contributed by atoms with Gasteiger partial charge in [0.2, 0.25) is 6.79 Å². The Hall–Kier alpha value is -3.48. The first-order valence-electron chi connectivity index (χ1n) is 9.02. The molecular formula is C21H21N3O4. The number of H-pyrrole nitrogens is 1. The highest BCUT2D eigenvalue weighted by Crippen LogP contribution is 2.33. The molecule has 3 aromatic rings. The van der Waals surface area contributed by atoms with Crippen LogP contribution in [0.3, 0.4) is 0 Å². The number of nitrogens with one attached hydrogen (secondary N) is 2. The third-order valence-electron chi connectivity index (χ3n) is 4.70. The number of benzene rings is 2. The molecule has 0 saturated heterocycles. The van der Waals surface area contributed by atoms with Crippen molar-refractivity contribution in [2.75, 3.05) is 19.2 Å². The van der Waals surface area contributed by atoms with E-state index >= 15 is 0 Å². The fourth-order valence-electron chi connectivity index (χ4n) is 3.10. The molecule has 0 bridgehead atoms. The molecule has 1 amide bonds. The number of amides is 1. The van der Waals surface area contributed by atoms with Crippen LogP contribution in [0.4, 0.5) is 5.69 Å². The number of aromatic nitrogens is 2. The summed E-state index contributed by atoms with van der Waals surface area (Å²) in [6.07, 6.45) is 1.51. The van der Waals surface area contributed by atoms with E-state index in [1.807, 2.05) is 31.2 Å². The van der Waals surface area contributed by atoms with Crippen LogP contribution < -0.4 is 19.5 Å². The maximum Gasteiger partial charge on any atom is 0.255 e. The van der Waals surface area contributed by atoms with Crippen LogP contribution in [0.1, 0.15) is 27.3 Å². The Kier molecular flexibility index (Phi) is 4.89. The first-order chi connectivity index (χ1) is 13.6. The number of carbonyl (C=O) groups is 1. The third-order valence-corrected chi connectivity index (χ3v) is 4.70. The number of carbonyl (C=O) groups excluding carboxylic acids is 1. The molecule has 0 fully saturated rings. The second kappa shape index (κ2) is 7.64. The van der Waals surface area contributed by atoms with Crippen LogP contribution in [0.15, 0.2) is 42.5 Å². The Morgan fingerprint density at radius 2 is 1.93 bits per heavy atom. The number of anilines is 1. The van der Waals surface area contributed by atoms with Gasteiger partial charge in [-0.1, -0.05) is 12.1 Å². The Balaban J connectivity index is 1.46. The van der Waals surface area contributed by atoms with Crippen molar-refractivity contribution in [1.29, 1.82) is 0 Å². The van der Waals surface area contributed by atoms with Gasteiger partial charge in [0.15, 0.2) is 11.5 Å². The molecule has 1 aliphatic heterocycles. The van der Waals surface area contributed by atoms with Crippen molar-refractivity contribution in [2.45, 2.75) is 19.8 Å². The highest BCUT2D eigenvalue weighted by atomic mass is 16.7. The standard InChI is InChI=1S/C21H21N3O4/c1-13-20(22-21(25)15-6-10-18-19(11-15)28-12-27-18)17(24-23-13)9-5-14-3-7-16(26-2)8-4-14/h3-4,6-8,10-11H,5,9,12H2,1-2H3,(H,22,25)(H,23,24). The normalized spacial score (nSPS) is 12.1. The van der Waals surface area contributed by atoms with Gasteiger partial charge in [0, 0.05) is 5.56 Å². The Morgan fingerprint density at radius 1 is 1.14 bits per heavy atom. The van der Waals surface area contributed by atoms with E-state index in [0.717, 1.165) is 29.2 Å². The van der Waals surface area contributed by atoms with Crippen molar-refractivity contribution in [1.82, 2.24) is 10.2 Å². The predicted molar refractivity (Wildman–Crippen MR) is 104 cm³/mol. The summed E-state index contributed by atoms with van der Waals surface area (Å²) in [5, 5.41) is 10.3. The Labute approximate surface area is 162 Å². The molecule has 0 aliphatic carbocycles. The first kappa shape index (κ1) is 17.9. The summed E-state index contributed by atoms with van der Waals surface area (Å²) in [6.45, 7) is 2.07. The van der Waals surface area contributed by atoms with E-state index in [4.69, 9.17) is 14.2 Å². The average Bonchev–Trinajstić information content (AvgIpc) is 3.33. The summed E-state index contributed by atoms with van der Waals surface area (Å²) < 4.78 is 15.8. The van der Waals surface area contributed by atoms with E-state index < -0.39 is 0 Å². The molecule has 144 valence electrons. The van der Waals surface area contributed by atoms with Crippen LogP contribution >= 0.6 is 0 Å². The molecule has 2 aromatic carbocycles. The van der Waals surface area contributed by atoms with E-state index in [0.29, 0.717) is 23.5 Å². The molecule has 7 nitrogen and oxygen atoms in total. The van der Waals surface area contributed by atoms with Crippen LogP contribution in [0, 0.1) is 6.92 Å². The predicted octanol–water partition coefficient (Wildman–Crippen LogP) is 3.49. The number of ether oxygens (including phenoxy) is 3.